The third-order valence-electron chi connectivity index (χ3n) is 3.25. The average molecular weight is 293 g/mol. The van der Waals surface area contributed by atoms with Gasteiger partial charge in [0.25, 0.3) is 0 Å². The fourth-order valence-corrected chi connectivity index (χ4v) is 3.16. The fraction of sp³-hybridized carbons (Fsp3) is 0.333. The Labute approximate surface area is 123 Å². The molecular weight excluding hydrogens is 274 g/mol. The second kappa shape index (κ2) is 6.15. The van der Waals surface area contributed by atoms with E-state index in [1.165, 1.54) is 5.56 Å². The summed E-state index contributed by atoms with van der Waals surface area (Å²) in [7, 11) is 4.79. The van der Waals surface area contributed by atoms with E-state index in [0.29, 0.717) is 17.2 Å². The second-order valence-corrected chi connectivity index (χ2v) is 5.32. The molecule has 5 heteroatoms. The molecule has 0 amide bonds. The molecule has 2 rings (SSSR count). The van der Waals surface area contributed by atoms with Crippen LogP contribution in [-0.2, 0) is 0 Å². The monoisotopic (exact) mass is 293 g/mol. The third-order valence-corrected chi connectivity index (χ3v) is 4.36. The highest BCUT2D eigenvalue weighted by Gasteiger charge is 2.22. The first-order valence-corrected chi connectivity index (χ1v) is 7.10. The molecule has 0 saturated heterocycles. The largest absolute Gasteiger partial charge is 0.493 e. The van der Waals surface area contributed by atoms with E-state index in [2.05, 4.69) is 13.0 Å². The van der Waals surface area contributed by atoms with Gasteiger partial charge in [-0.05, 0) is 36.1 Å². The lowest BCUT2D eigenvalue weighted by molar-refractivity contribution is 0.321. The number of nitrogens with two attached hydrogens (primary N) is 1. The van der Waals surface area contributed by atoms with E-state index in [1.807, 2.05) is 17.5 Å². The van der Waals surface area contributed by atoms with E-state index < -0.39 is 0 Å². The number of hydrogen-bond donors (Lipinski definition) is 1. The van der Waals surface area contributed by atoms with Gasteiger partial charge >= 0.3 is 0 Å². The van der Waals surface area contributed by atoms with Gasteiger partial charge in [0.1, 0.15) is 0 Å². The van der Waals surface area contributed by atoms with Crippen molar-refractivity contribution in [3.05, 3.63) is 39.6 Å². The summed E-state index contributed by atoms with van der Waals surface area (Å²) in [5.41, 5.74) is 8.45. The number of hydrogen-bond acceptors (Lipinski definition) is 5. The van der Waals surface area contributed by atoms with Crippen LogP contribution >= 0.6 is 11.3 Å². The molecule has 0 bridgehead atoms. The molecule has 0 fully saturated rings. The van der Waals surface area contributed by atoms with Gasteiger partial charge in [0.15, 0.2) is 11.5 Å². The summed E-state index contributed by atoms with van der Waals surface area (Å²) in [6.45, 7) is 2.05. The molecule has 4 nitrogen and oxygen atoms in total. The Balaban J connectivity index is 2.54. The van der Waals surface area contributed by atoms with Crippen molar-refractivity contribution in [2.24, 2.45) is 5.73 Å². The molecular formula is C15H19NO3S. The zero-order chi connectivity index (χ0) is 14.7. The average Bonchev–Trinajstić information content (AvgIpc) is 2.90. The van der Waals surface area contributed by atoms with Crippen molar-refractivity contribution in [2.75, 3.05) is 21.3 Å². The Morgan fingerprint density at radius 2 is 1.70 bits per heavy atom. The molecule has 1 aromatic heterocycles. The maximum absolute atomic E-state index is 6.39. The standard InChI is InChI=1S/C15H19NO3S/c1-9-7-8-20-15(9)12(16)10-5-6-11(17-2)14(19-4)13(10)18-3/h5-8,12H,16H2,1-4H3. The van der Waals surface area contributed by atoms with Crippen LogP contribution in [0.1, 0.15) is 22.0 Å². The van der Waals surface area contributed by atoms with E-state index in [1.54, 1.807) is 32.7 Å². The number of benzene rings is 1. The molecule has 1 heterocycles. The number of thiophene rings is 1. The van der Waals surface area contributed by atoms with Crippen LogP contribution in [0.5, 0.6) is 17.2 Å². The van der Waals surface area contributed by atoms with E-state index in [-0.39, 0.29) is 6.04 Å². The van der Waals surface area contributed by atoms with E-state index in [0.717, 1.165) is 10.4 Å². The van der Waals surface area contributed by atoms with Crippen LogP contribution < -0.4 is 19.9 Å². The highest BCUT2D eigenvalue weighted by atomic mass is 32.1. The molecule has 0 aliphatic rings. The molecule has 0 aliphatic heterocycles. The van der Waals surface area contributed by atoms with E-state index in [4.69, 9.17) is 19.9 Å². The fourth-order valence-electron chi connectivity index (χ4n) is 2.21. The Morgan fingerprint density at radius 1 is 1.00 bits per heavy atom. The minimum Gasteiger partial charge on any atom is -0.493 e. The maximum atomic E-state index is 6.39. The summed E-state index contributed by atoms with van der Waals surface area (Å²) in [6, 6.07) is 5.58. The van der Waals surface area contributed by atoms with Crippen molar-refractivity contribution in [1.82, 2.24) is 0 Å². The quantitative estimate of drug-likeness (QED) is 0.920. The Kier molecular flexibility index (Phi) is 4.52. The van der Waals surface area contributed by atoms with Gasteiger partial charge in [-0.2, -0.15) is 0 Å². The molecule has 1 atom stereocenters. The lowest BCUT2D eigenvalue weighted by Gasteiger charge is -2.19. The van der Waals surface area contributed by atoms with Crippen molar-refractivity contribution in [2.45, 2.75) is 13.0 Å². The Hall–Kier alpha value is -1.72. The van der Waals surface area contributed by atoms with Crippen molar-refractivity contribution < 1.29 is 14.2 Å². The van der Waals surface area contributed by atoms with E-state index in [9.17, 15) is 0 Å². The molecule has 108 valence electrons. The highest BCUT2D eigenvalue weighted by Crippen LogP contribution is 2.43. The zero-order valence-corrected chi connectivity index (χ0v) is 12.9. The molecule has 0 aliphatic carbocycles. The van der Waals surface area contributed by atoms with Gasteiger partial charge in [0.2, 0.25) is 5.75 Å². The van der Waals surface area contributed by atoms with Gasteiger partial charge in [0.05, 0.1) is 27.4 Å². The van der Waals surface area contributed by atoms with Crippen molar-refractivity contribution in [3.8, 4) is 17.2 Å². The number of aryl methyl sites for hydroxylation is 1. The Bertz CT molecular complexity index is 595. The summed E-state index contributed by atoms with van der Waals surface area (Å²) in [6.07, 6.45) is 0. The van der Waals surface area contributed by atoms with Crippen molar-refractivity contribution >= 4 is 11.3 Å². The SMILES string of the molecule is COc1ccc(C(N)c2sccc2C)c(OC)c1OC. The van der Waals surface area contributed by atoms with Crippen LogP contribution in [0.2, 0.25) is 0 Å². The smallest absolute Gasteiger partial charge is 0.203 e. The predicted octanol–water partition coefficient (Wildman–Crippen LogP) is 3.13. The van der Waals surface area contributed by atoms with Gasteiger partial charge in [-0.1, -0.05) is 0 Å². The molecule has 0 spiro atoms. The lowest BCUT2D eigenvalue weighted by Crippen LogP contribution is -2.13. The summed E-state index contributed by atoms with van der Waals surface area (Å²) >= 11 is 1.64. The van der Waals surface area contributed by atoms with Crippen LogP contribution in [-0.4, -0.2) is 21.3 Å². The molecule has 0 saturated carbocycles. The predicted molar refractivity (Wildman–Crippen MR) is 81.2 cm³/mol. The summed E-state index contributed by atoms with van der Waals surface area (Å²) < 4.78 is 16.2. The van der Waals surface area contributed by atoms with Gasteiger partial charge < -0.3 is 19.9 Å². The van der Waals surface area contributed by atoms with Gasteiger partial charge in [0, 0.05) is 10.4 Å². The topological polar surface area (TPSA) is 53.7 Å². The summed E-state index contributed by atoms with van der Waals surface area (Å²) in [5, 5.41) is 2.04. The van der Waals surface area contributed by atoms with Gasteiger partial charge in [-0.15, -0.1) is 11.3 Å². The zero-order valence-electron chi connectivity index (χ0n) is 12.1. The minimum atomic E-state index is -0.246. The van der Waals surface area contributed by atoms with Crippen LogP contribution in [0.3, 0.4) is 0 Å². The first-order chi connectivity index (χ1) is 9.63. The first-order valence-electron chi connectivity index (χ1n) is 6.22. The van der Waals surface area contributed by atoms with Crippen LogP contribution in [0.4, 0.5) is 0 Å². The molecule has 2 aromatic rings. The van der Waals surface area contributed by atoms with Crippen LogP contribution in [0, 0.1) is 6.92 Å². The summed E-state index contributed by atoms with van der Waals surface area (Å²) in [4.78, 5) is 1.12. The van der Waals surface area contributed by atoms with Gasteiger partial charge in [-0.25, -0.2) is 0 Å². The van der Waals surface area contributed by atoms with Gasteiger partial charge in [-0.3, -0.25) is 0 Å². The molecule has 20 heavy (non-hydrogen) atoms. The van der Waals surface area contributed by atoms with Crippen LogP contribution in [0.15, 0.2) is 23.6 Å². The first kappa shape index (κ1) is 14.7. The van der Waals surface area contributed by atoms with Crippen molar-refractivity contribution in [1.29, 1.82) is 0 Å². The number of ether oxygens (including phenoxy) is 3. The normalized spacial score (nSPS) is 12.1. The summed E-state index contributed by atoms with van der Waals surface area (Å²) in [5.74, 6) is 1.81. The highest BCUT2D eigenvalue weighted by molar-refractivity contribution is 7.10. The van der Waals surface area contributed by atoms with Crippen LogP contribution in [0.25, 0.3) is 0 Å². The van der Waals surface area contributed by atoms with E-state index >= 15 is 0 Å². The Morgan fingerprint density at radius 3 is 2.20 bits per heavy atom. The second-order valence-electron chi connectivity index (χ2n) is 4.37. The van der Waals surface area contributed by atoms with Crippen molar-refractivity contribution in [3.63, 3.8) is 0 Å². The number of methoxy groups -OCH3 is 3. The minimum absolute atomic E-state index is 0.246. The molecule has 2 N–H and O–H groups in total. The molecule has 1 aromatic carbocycles. The number of rotatable bonds is 5. The third kappa shape index (κ3) is 2.46. The lowest BCUT2D eigenvalue weighted by atomic mass is 10.0. The molecule has 0 radical (unpaired) electrons. The maximum Gasteiger partial charge on any atom is 0.203 e. The molecule has 1 unspecified atom stereocenters.